The number of benzene rings is 3. The number of aromatic carboxylic acids is 1. The number of carbonyl (C=O) groups is 2. The van der Waals surface area contributed by atoms with Crippen molar-refractivity contribution in [3.05, 3.63) is 97.9 Å². The Morgan fingerprint density at radius 3 is 2.38 bits per heavy atom. The summed E-state index contributed by atoms with van der Waals surface area (Å²) >= 11 is 13.5. The zero-order chi connectivity index (χ0) is 35.8. The predicted molar refractivity (Wildman–Crippen MR) is 200 cm³/mol. The Balaban J connectivity index is 1.36. The third-order valence-corrected chi connectivity index (χ3v) is 11.0. The van der Waals surface area contributed by atoms with E-state index in [0.29, 0.717) is 42.5 Å². The van der Waals surface area contributed by atoms with Crippen LogP contribution in [0.15, 0.2) is 48.5 Å². The van der Waals surface area contributed by atoms with Gasteiger partial charge in [0, 0.05) is 64.8 Å². The van der Waals surface area contributed by atoms with Crippen LogP contribution in [0.25, 0.3) is 32.9 Å². The fourth-order valence-electron chi connectivity index (χ4n) is 7.65. The molecule has 1 aliphatic rings. The number of nitrogens with zero attached hydrogens (tertiary/aromatic N) is 5. The molecular weight excluding hydrogens is 673 g/mol. The van der Waals surface area contributed by atoms with Crippen LogP contribution in [-0.4, -0.2) is 49.0 Å². The average Bonchev–Trinajstić information content (AvgIpc) is 3.67. The average molecular weight is 713 g/mol. The number of anilines is 1. The molecule has 7 rings (SSSR count). The predicted octanol–water partition coefficient (Wildman–Crippen LogP) is 9.01. The minimum absolute atomic E-state index is 0.114. The van der Waals surface area contributed by atoms with Crippen molar-refractivity contribution in [1.29, 1.82) is 0 Å². The first-order valence-corrected chi connectivity index (χ1v) is 17.4. The summed E-state index contributed by atoms with van der Waals surface area (Å²) in [6, 6.07) is 14.7. The fourth-order valence-corrected chi connectivity index (χ4v) is 8.01. The van der Waals surface area contributed by atoms with Gasteiger partial charge in [0.15, 0.2) is 0 Å². The van der Waals surface area contributed by atoms with E-state index in [0.717, 1.165) is 71.8 Å². The number of aryl methyl sites for hydroxylation is 6. The van der Waals surface area contributed by atoms with Crippen LogP contribution in [0.1, 0.15) is 68.3 Å². The molecule has 3 aromatic carbocycles. The maximum absolute atomic E-state index is 14.9. The summed E-state index contributed by atoms with van der Waals surface area (Å²) in [5.74, 6) is 0.358. The van der Waals surface area contributed by atoms with Gasteiger partial charge >= 0.3 is 5.97 Å². The summed E-state index contributed by atoms with van der Waals surface area (Å²) < 4.78 is 12.2. The molecule has 0 saturated carbocycles. The first-order valence-electron chi connectivity index (χ1n) is 16.7. The number of halogens is 2. The Labute approximate surface area is 300 Å². The van der Waals surface area contributed by atoms with Crippen LogP contribution in [0.5, 0.6) is 5.75 Å². The lowest BCUT2D eigenvalue weighted by atomic mass is 9.98. The monoisotopic (exact) mass is 711 g/mol. The standard InChI is InChI=1S/C39H39Cl2N5O4/c1-20-15-27(16-21(2)35(20)41)50-14-8-9-28-29-11-12-30(40)34(33-23(4)42-44(7)24(33)5)36(29)46-22(3)19-45(38(47)37(28)46)32-18-26-17-25(39(48)49)10-13-31(26)43(32)6/h10-13,15-18,22H,8-9,14,19H2,1-7H3,(H,48,49)/t22-/m0/s1. The lowest BCUT2D eigenvalue weighted by molar-refractivity contribution is 0.0696. The van der Waals surface area contributed by atoms with Gasteiger partial charge in [0.1, 0.15) is 17.3 Å². The summed E-state index contributed by atoms with van der Waals surface area (Å²) in [7, 11) is 3.83. The van der Waals surface area contributed by atoms with E-state index in [1.165, 1.54) is 0 Å². The zero-order valence-corrected chi connectivity index (χ0v) is 30.7. The maximum Gasteiger partial charge on any atom is 0.335 e. The van der Waals surface area contributed by atoms with Crippen molar-refractivity contribution in [2.45, 2.75) is 53.5 Å². The summed E-state index contributed by atoms with van der Waals surface area (Å²) in [6.45, 7) is 11.0. The quantitative estimate of drug-likeness (QED) is 0.159. The number of ether oxygens (including phenoxy) is 1. The van der Waals surface area contributed by atoms with Gasteiger partial charge in [-0.15, -0.1) is 0 Å². The van der Waals surface area contributed by atoms with Crippen LogP contribution in [0.2, 0.25) is 10.0 Å². The van der Waals surface area contributed by atoms with Crippen molar-refractivity contribution in [2.24, 2.45) is 14.1 Å². The Morgan fingerprint density at radius 1 is 1.00 bits per heavy atom. The van der Waals surface area contributed by atoms with Crippen molar-refractivity contribution in [2.75, 3.05) is 18.1 Å². The van der Waals surface area contributed by atoms with Crippen LogP contribution < -0.4 is 9.64 Å². The van der Waals surface area contributed by atoms with Crippen LogP contribution >= 0.6 is 23.2 Å². The van der Waals surface area contributed by atoms with E-state index in [4.69, 9.17) is 33.0 Å². The third-order valence-electron chi connectivity index (χ3n) is 10.1. The second-order valence-electron chi connectivity index (χ2n) is 13.4. The number of amides is 1. The topological polar surface area (TPSA) is 94.5 Å². The number of carbonyl (C=O) groups excluding carboxylic acids is 1. The number of rotatable bonds is 8. The Kier molecular flexibility index (Phi) is 8.47. The molecule has 258 valence electrons. The van der Waals surface area contributed by atoms with Gasteiger partial charge in [-0.3, -0.25) is 14.4 Å². The molecular formula is C39H39Cl2N5O4. The molecule has 6 aromatic rings. The Morgan fingerprint density at radius 2 is 1.72 bits per heavy atom. The van der Waals surface area contributed by atoms with E-state index in [2.05, 4.69) is 11.5 Å². The maximum atomic E-state index is 14.9. The van der Waals surface area contributed by atoms with Crippen LogP contribution in [0.4, 0.5) is 5.82 Å². The second kappa shape index (κ2) is 12.5. The Hall–Kier alpha value is -4.73. The van der Waals surface area contributed by atoms with Gasteiger partial charge in [-0.05, 0) is 107 Å². The first kappa shape index (κ1) is 33.8. The molecule has 50 heavy (non-hydrogen) atoms. The lowest BCUT2D eigenvalue weighted by Gasteiger charge is -2.34. The number of fused-ring (bicyclic) bond motifs is 4. The molecule has 1 aliphatic heterocycles. The highest BCUT2D eigenvalue weighted by molar-refractivity contribution is 6.35. The molecule has 0 bridgehead atoms. The van der Waals surface area contributed by atoms with Crippen molar-refractivity contribution < 1.29 is 19.4 Å². The fraction of sp³-hybridized carbons (Fsp3) is 0.308. The molecule has 0 unspecified atom stereocenters. The van der Waals surface area contributed by atoms with Gasteiger partial charge in [0.05, 0.1) is 28.4 Å². The van der Waals surface area contributed by atoms with Gasteiger partial charge in [0.25, 0.3) is 5.91 Å². The van der Waals surface area contributed by atoms with Crippen LogP contribution in [0.3, 0.4) is 0 Å². The molecule has 9 nitrogen and oxygen atoms in total. The van der Waals surface area contributed by atoms with Gasteiger partial charge < -0.3 is 19.0 Å². The highest BCUT2D eigenvalue weighted by Gasteiger charge is 2.37. The summed E-state index contributed by atoms with van der Waals surface area (Å²) in [4.78, 5) is 28.4. The van der Waals surface area contributed by atoms with E-state index >= 15 is 0 Å². The van der Waals surface area contributed by atoms with Crippen molar-refractivity contribution in [1.82, 2.24) is 18.9 Å². The van der Waals surface area contributed by atoms with E-state index in [-0.39, 0.29) is 17.5 Å². The SMILES string of the molecule is Cc1cc(OCCCc2c3n(c4c(-c5c(C)nn(C)c5C)c(Cl)ccc24)[C@@H](C)CN(c2cc4cc(C(=O)O)ccc4n2C)C3=O)cc(C)c1Cl. The summed E-state index contributed by atoms with van der Waals surface area (Å²) in [5, 5.41) is 17.4. The number of aromatic nitrogens is 4. The van der Waals surface area contributed by atoms with Gasteiger partial charge in [-0.1, -0.05) is 29.3 Å². The Bertz CT molecular complexity index is 2360. The normalized spacial score (nSPS) is 14.6. The smallest absolute Gasteiger partial charge is 0.335 e. The van der Waals surface area contributed by atoms with E-state index in [1.54, 1.807) is 18.2 Å². The van der Waals surface area contributed by atoms with Crippen LogP contribution in [-0.2, 0) is 20.5 Å². The molecule has 1 amide bonds. The summed E-state index contributed by atoms with van der Waals surface area (Å²) in [5.41, 5.74) is 9.17. The molecule has 11 heteroatoms. The van der Waals surface area contributed by atoms with Crippen molar-refractivity contribution in [3.63, 3.8) is 0 Å². The molecule has 1 N–H and O–H groups in total. The molecule has 4 heterocycles. The highest BCUT2D eigenvalue weighted by Crippen LogP contribution is 2.45. The molecule has 1 atom stereocenters. The number of carboxylic acids is 1. The second-order valence-corrected chi connectivity index (χ2v) is 14.2. The van der Waals surface area contributed by atoms with Gasteiger partial charge in [0.2, 0.25) is 0 Å². The highest BCUT2D eigenvalue weighted by atomic mass is 35.5. The van der Waals surface area contributed by atoms with Gasteiger partial charge in [-0.2, -0.15) is 5.10 Å². The minimum Gasteiger partial charge on any atom is -0.494 e. The summed E-state index contributed by atoms with van der Waals surface area (Å²) in [6.07, 6.45) is 1.27. The first-order chi connectivity index (χ1) is 23.8. The lowest BCUT2D eigenvalue weighted by Crippen LogP contribution is -2.43. The third kappa shape index (κ3) is 5.34. The minimum atomic E-state index is -0.993. The number of hydrogen-bond acceptors (Lipinski definition) is 4. The molecule has 0 fully saturated rings. The van der Waals surface area contributed by atoms with Gasteiger partial charge in [-0.25, -0.2) is 4.79 Å². The molecule has 3 aromatic heterocycles. The number of hydrogen-bond donors (Lipinski definition) is 1. The largest absolute Gasteiger partial charge is 0.494 e. The number of carboxylic acid groups (broad SMARTS) is 1. The molecule has 0 saturated heterocycles. The van der Waals surface area contributed by atoms with Crippen molar-refractivity contribution in [3.8, 4) is 16.9 Å². The van der Waals surface area contributed by atoms with Crippen LogP contribution in [0, 0.1) is 27.7 Å². The molecule has 0 spiro atoms. The van der Waals surface area contributed by atoms with E-state index < -0.39 is 5.97 Å². The van der Waals surface area contributed by atoms with E-state index in [9.17, 15) is 14.7 Å². The zero-order valence-electron chi connectivity index (χ0n) is 29.2. The molecule has 0 radical (unpaired) electrons. The molecule has 0 aliphatic carbocycles. The van der Waals surface area contributed by atoms with Crippen molar-refractivity contribution >= 4 is 62.7 Å². The van der Waals surface area contributed by atoms with E-state index in [1.807, 2.05) is 86.3 Å².